The van der Waals surface area contributed by atoms with Crippen LogP contribution in [0.15, 0.2) is 48.7 Å². The zero-order chi connectivity index (χ0) is 16.9. The van der Waals surface area contributed by atoms with Crippen molar-refractivity contribution in [3.8, 4) is 0 Å². The number of rotatable bonds is 5. The molecule has 0 saturated heterocycles. The van der Waals surface area contributed by atoms with Gasteiger partial charge < -0.3 is 11.1 Å². The Morgan fingerprint density at radius 3 is 2.52 bits per heavy atom. The number of carbonyl (C=O) groups excluding carboxylic acids is 1. The second-order valence-corrected chi connectivity index (χ2v) is 5.00. The number of carbonyl (C=O) groups is 1. The molecule has 1 heterocycles. The molecule has 0 aliphatic heterocycles. The number of nitrogens with zero attached hydrogens (tertiary/aromatic N) is 1. The molecule has 1 aromatic carbocycles. The fourth-order valence-corrected chi connectivity index (χ4v) is 2.10. The van der Waals surface area contributed by atoms with Gasteiger partial charge in [-0.3, -0.25) is 9.78 Å². The number of nitrogens with two attached hydrogens (primary N) is 1. The minimum atomic E-state index is -4.46. The van der Waals surface area contributed by atoms with Crippen LogP contribution in [-0.2, 0) is 23.9 Å². The highest BCUT2D eigenvalue weighted by Crippen LogP contribution is 2.31. The molecule has 0 spiro atoms. The Balaban J connectivity index is 1.97. The lowest BCUT2D eigenvalue weighted by atomic mass is 10.1. The van der Waals surface area contributed by atoms with Crippen molar-refractivity contribution in [3.05, 3.63) is 65.5 Å². The number of benzene rings is 1. The van der Waals surface area contributed by atoms with Gasteiger partial charge in [-0.05, 0) is 23.8 Å². The van der Waals surface area contributed by atoms with Gasteiger partial charge >= 0.3 is 6.18 Å². The van der Waals surface area contributed by atoms with Gasteiger partial charge in [0.2, 0.25) is 5.91 Å². The lowest BCUT2D eigenvalue weighted by Crippen LogP contribution is -2.42. The fraction of sp³-hybridized carbons (Fsp3) is 0.250. The SMILES string of the molecule is N[C@H](Cc1ccccn1)C(=O)NCc1ccccc1C(F)(F)F. The fourth-order valence-electron chi connectivity index (χ4n) is 2.10. The van der Waals surface area contributed by atoms with E-state index in [0.29, 0.717) is 5.69 Å². The Labute approximate surface area is 131 Å². The standard InChI is InChI=1S/C16H16F3N3O/c17-16(18,19)13-7-2-1-5-11(13)10-22-15(23)14(20)9-12-6-3-4-8-21-12/h1-8,14H,9-10,20H2,(H,22,23)/t14-/m1/s1. The first-order valence-electron chi connectivity index (χ1n) is 6.96. The Morgan fingerprint density at radius 2 is 1.87 bits per heavy atom. The minimum Gasteiger partial charge on any atom is -0.351 e. The van der Waals surface area contributed by atoms with E-state index in [9.17, 15) is 18.0 Å². The lowest BCUT2D eigenvalue weighted by Gasteiger charge is -2.15. The first-order valence-corrected chi connectivity index (χ1v) is 6.96. The molecule has 0 saturated carbocycles. The highest BCUT2D eigenvalue weighted by molar-refractivity contribution is 5.81. The normalized spacial score (nSPS) is 12.7. The maximum atomic E-state index is 12.9. The summed E-state index contributed by atoms with van der Waals surface area (Å²) in [5, 5.41) is 2.44. The second-order valence-electron chi connectivity index (χ2n) is 5.00. The maximum absolute atomic E-state index is 12.9. The summed E-state index contributed by atoms with van der Waals surface area (Å²) in [5.41, 5.74) is 5.64. The topological polar surface area (TPSA) is 68.0 Å². The molecule has 4 nitrogen and oxygen atoms in total. The van der Waals surface area contributed by atoms with Gasteiger partial charge in [0.15, 0.2) is 0 Å². The Bertz CT molecular complexity index is 659. The summed E-state index contributed by atoms with van der Waals surface area (Å²) >= 11 is 0. The summed E-state index contributed by atoms with van der Waals surface area (Å²) in [4.78, 5) is 16.0. The number of aromatic nitrogens is 1. The van der Waals surface area contributed by atoms with Crippen LogP contribution in [0.1, 0.15) is 16.8 Å². The third kappa shape index (κ3) is 4.79. The predicted molar refractivity (Wildman–Crippen MR) is 79.2 cm³/mol. The monoisotopic (exact) mass is 323 g/mol. The van der Waals surface area contributed by atoms with E-state index < -0.39 is 23.7 Å². The van der Waals surface area contributed by atoms with Gasteiger partial charge in [0.05, 0.1) is 11.6 Å². The molecule has 0 unspecified atom stereocenters. The molecule has 23 heavy (non-hydrogen) atoms. The molecule has 1 aromatic heterocycles. The number of nitrogens with one attached hydrogen (secondary N) is 1. The maximum Gasteiger partial charge on any atom is 0.416 e. The second kappa shape index (κ2) is 7.23. The molecule has 0 fully saturated rings. The summed E-state index contributed by atoms with van der Waals surface area (Å²) in [5.74, 6) is -0.521. The van der Waals surface area contributed by atoms with Crippen molar-refractivity contribution in [2.45, 2.75) is 25.2 Å². The van der Waals surface area contributed by atoms with Gasteiger partial charge in [-0.1, -0.05) is 24.3 Å². The van der Waals surface area contributed by atoms with Crippen LogP contribution < -0.4 is 11.1 Å². The van der Waals surface area contributed by atoms with Crippen molar-refractivity contribution in [1.29, 1.82) is 0 Å². The molecule has 0 bridgehead atoms. The van der Waals surface area contributed by atoms with Gasteiger partial charge in [-0.25, -0.2) is 0 Å². The predicted octanol–water partition coefficient (Wildman–Crippen LogP) is 2.29. The van der Waals surface area contributed by atoms with E-state index in [0.717, 1.165) is 6.07 Å². The number of halogens is 3. The summed E-state index contributed by atoms with van der Waals surface area (Å²) in [6, 6.07) is 9.47. The van der Waals surface area contributed by atoms with E-state index in [1.165, 1.54) is 18.2 Å². The minimum absolute atomic E-state index is 0.00149. The largest absolute Gasteiger partial charge is 0.416 e. The number of alkyl halides is 3. The van der Waals surface area contributed by atoms with Crippen LogP contribution in [0, 0.1) is 0 Å². The molecular weight excluding hydrogens is 307 g/mol. The van der Waals surface area contributed by atoms with E-state index in [4.69, 9.17) is 5.73 Å². The molecular formula is C16H16F3N3O. The molecule has 122 valence electrons. The van der Waals surface area contributed by atoms with E-state index in [1.807, 2.05) is 0 Å². The molecule has 1 amide bonds. The summed E-state index contributed by atoms with van der Waals surface area (Å²) in [7, 11) is 0. The molecule has 7 heteroatoms. The Hall–Kier alpha value is -2.41. The zero-order valence-corrected chi connectivity index (χ0v) is 12.2. The highest BCUT2D eigenvalue weighted by Gasteiger charge is 2.32. The van der Waals surface area contributed by atoms with Crippen molar-refractivity contribution in [1.82, 2.24) is 10.3 Å². The first kappa shape index (κ1) is 17.0. The quantitative estimate of drug-likeness (QED) is 0.887. The third-order valence-electron chi connectivity index (χ3n) is 3.27. The summed E-state index contributed by atoms with van der Waals surface area (Å²) in [6.45, 7) is -0.232. The van der Waals surface area contributed by atoms with Crippen molar-refractivity contribution in [2.75, 3.05) is 0 Å². The molecule has 0 radical (unpaired) electrons. The van der Waals surface area contributed by atoms with Gasteiger partial charge in [-0.2, -0.15) is 13.2 Å². The number of hydrogen-bond acceptors (Lipinski definition) is 3. The smallest absolute Gasteiger partial charge is 0.351 e. The average Bonchev–Trinajstić information content (AvgIpc) is 2.53. The van der Waals surface area contributed by atoms with Crippen molar-refractivity contribution in [2.24, 2.45) is 5.73 Å². The van der Waals surface area contributed by atoms with Crippen LogP contribution in [0.4, 0.5) is 13.2 Å². The van der Waals surface area contributed by atoms with Crippen LogP contribution >= 0.6 is 0 Å². The van der Waals surface area contributed by atoms with Crippen LogP contribution in [0.5, 0.6) is 0 Å². The number of pyridine rings is 1. The van der Waals surface area contributed by atoms with Crippen LogP contribution in [0.2, 0.25) is 0 Å². The molecule has 0 aliphatic carbocycles. The third-order valence-corrected chi connectivity index (χ3v) is 3.27. The number of hydrogen-bond donors (Lipinski definition) is 2. The first-order chi connectivity index (χ1) is 10.9. The van der Waals surface area contributed by atoms with Gasteiger partial charge in [0, 0.05) is 24.9 Å². The van der Waals surface area contributed by atoms with Crippen LogP contribution in [0.3, 0.4) is 0 Å². The zero-order valence-electron chi connectivity index (χ0n) is 12.2. The van der Waals surface area contributed by atoms with E-state index >= 15 is 0 Å². The molecule has 2 aromatic rings. The lowest BCUT2D eigenvalue weighted by molar-refractivity contribution is -0.138. The van der Waals surface area contributed by atoms with Crippen LogP contribution in [-0.4, -0.2) is 16.9 Å². The van der Waals surface area contributed by atoms with Crippen molar-refractivity contribution >= 4 is 5.91 Å². The van der Waals surface area contributed by atoms with E-state index in [1.54, 1.807) is 24.4 Å². The average molecular weight is 323 g/mol. The van der Waals surface area contributed by atoms with Gasteiger partial charge in [-0.15, -0.1) is 0 Å². The number of amides is 1. The van der Waals surface area contributed by atoms with E-state index in [-0.39, 0.29) is 18.5 Å². The molecule has 1 atom stereocenters. The van der Waals surface area contributed by atoms with Crippen molar-refractivity contribution in [3.63, 3.8) is 0 Å². The Kier molecular flexibility index (Phi) is 5.33. The molecule has 2 rings (SSSR count). The molecule has 3 N–H and O–H groups in total. The van der Waals surface area contributed by atoms with Crippen molar-refractivity contribution < 1.29 is 18.0 Å². The van der Waals surface area contributed by atoms with Gasteiger partial charge in [0.25, 0.3) is 0 Å². The summed E-state index contributed by atoms with van der Waals surface area (Å²) in [6.07, 6.45) is -2.66. The Morgan fingerprint density at radius 1 is 1.17 bits per heavy atom. The van der Waals surface area contributed by atoms with Gasteiger partial charge in [0.1, 0.15) is 0 Å². The van der Waals surface area contributed by atoms with Crippen LogP contribution in [0.25, 0.3) is 0 Å². The summed E-state index contributed by atoms with van der Waals surface area (Å²) < 4.78 is 38.6. The van der Waals surface area contributed by atoms with E-state index in [2.05, 4.69) is 10.3 Å². The molecule has 0 aliphatic rings. The highest BCUT2D eigenvalue weighted by atomic mass is 19.4.